The largest absolute Gasteiger partial charge is 0.488 e. The number of aliphatic hydroxyl groups is 1. The number of ether oxygens (including phenoxy) is 1. The summed E-state index contributed by atoms with van der Waals surface area (Å²) < 4.78 is 6.55. The van der Waals surface area contributed by atoms with Crippen LogP contribution in [0.25, 0.3) is 6.08 Å². The van der Waals surface area contributed by atoms with Gasteiger partial charge in [0.2, 0.25) is 0 Å². The molecule has 0 atom stereocenters. The fourth-order valence-corrected chi connectivity index (χ4v) is 2.48. The summed E-state index contributed by atoms with van der Waals surface area (Å²) in [5, 5.41) is 11.9. The molecular formula is C16H20BrNO3. The third kappa shape index (κ3) is 4.32. The van der Waals surface area contributed by atoms with Gasteiger partial charge in [-0.15, -0.1) is 0 Å². The number of amides is 1. The van der Waals surface area contributed by atoms with Crippen molar-refractivity contribution in [3.8, 4) is 5.75 Å². The second-order valence-electron chi connectivity index (χ2n) is 5.96. The Morgan fingerprint density at radius 1 is 1.48 bits per heavy atom. The molecule has 1 aliphatic heterocycles. The Morgan fingerprint density at radius 2 is 2.24 bits per heavy atom. The van der Waals surface area contributed by atoms with Crippen LogP contribution in [-0.2, 0) is 4.79 Å². The molecule has 1 aliphatic rings. The molecule has 1 aromatic rings. The molecule has 5 heteroatoms. The Balaban J connectivity index is 2.04. The molecule has 2 N–H and O–H groups in total. The van der Waals surface area contributed by atoms with Crippen molar-refractivity contribution in [3.05, 3.63) is 33.8 Å². The third-order valence-corrected chi connectivity index (χ3v) is 3.99. The molecule has 0 bridgehead atoms. The lowest BCUT2D eigenvalue weighted by Gasteiger charge is -2.25. The molecule has 1 aromatic carbocycles. The van der Waals surface area contributed by atoms with Crippen LogP contribution < -0.4 is 10.1 Å². The van der Waals surface area contributed by atoms with Crippen molar-refractivity contribution < 1.29 is 14.6 Å². The molecule has 0 fully saturated rings. The molecule has 0 spiro atoms. The van der Waals surface area contributed by atoms with Crippen molar-refractivity contribution in [2.45, 2.75) is 20.3 Å². The molecule has 0 saturated heterocycles. The smallest absolute Gasteiger partial charge is 0.250 e. The van der Waals surface area contributed by atoms with Crippen LogP contribution in [0.2, 0.25) is 0 Å². The lowest BCUT2D eigenvalue weighted by Crippen LogP contribution is -2.36. The highest BCUT2D eigenvalue weighted by Gasteiger charge is 2.21. The predicted molar refractivity (Wildman–Crippen MR) is 86.1 cm³/mol. The van der Waals surface area contributed by atoms with E-state index in [1.165, 1.54) is 0 Å². The number of aliphatic hydroxyl groups excluding tert-OH is 1. The van der Waals surface area contributed by atoms with E-state index < -0.39 is 0 Å². The zero-order chi connectivity index (χ0) is 15.5. The first-order valence-corrected chi connectivity index (χ1v) is 7.72. The first kappa shape index (κ1) is 16.0. The molecule has 21 heavy (non-hydrogen) atoms. The molecule has 0 saturated carbocycles. The Morgan fingerprint density at radius 3 is 2.95 bits per heavy atom. The minimum Gasteiger partial charge on any atom is -0.488 e. The summed E-state index contributed by atoms with van der Waals surface area (Å²) in [7, 11) is 0. The first-order chi connectivity index (χ1) is 9.91. The second kappa shape index (κ2) is 6.62. The van der Waals surface area contributed by atoms with Crippen molar-refractivity contribution >= 4 is 27.9 Å². The molecule has 2 rings (SSSR count). The van der Waals surface area contributed by atoms with E-state index in [0.717, 1.165) is 15.8 Å². The number of carbonyl (C=O) groups is 1. The van der Waals surface area contributed by atoms with E-state index in [0.29, 0.717) is 18.5 Å². The molecule has 0 aliphatic carbocycles. The Labute approximate surface area is 133 Å². The predicted octanol–water partition coefficient (Wildman–Crippen LogP) is 2.75. The van der Waals surface area contributed by atoms with Crippen LogP contribution in [0.1, 0.15) is 25.8 Å². The summed E-state index contributed by atoms with van der Waals surface area (Å²) in [5.74, 6) is 0.669. The number of carbonyl (C=O) groups excluding carboxylic acids is 1. The topological polar surface area (TPSA) is 58.6 Å². The minimum absolute atomic E-state index is 0.119. The summed E-state index contributed by atoms with van der Waals surface area (Å²) in [6, 6.07) is 5.72. The summed E-state index contributed by atoms with van der Waals surface area (Å²) >= 11 is 3.41. The Hall–Kier alpha value is -1.33. The Bertz CT molecular complexity index is 567. The van der Waals surface area contributed by atoms with Gasteiger partial charge in [0, 0.05) is 23.2 Å². The molecule has 1 amide bonds. The van der Waals surface area contributed by atoms with Gasteiger partial charge >= 0.3 is 0 Å². The normalized spacial score (nSPS) is 14.0. The van der Waals surface area contributed by atoms with Crippen LogP contribution in [-0.4, -0.2) is 30.8 Å². The van der Waals surface area contributed by atoms with Gasteiger partial charge in [0.25, 0.3) is 5.91 Å². The SMILES string of the molecule is CC(C)(CCO)CNC(=O)C1=Cc2cc(Br)ccc2OC1. The van der Waals surface area contributed by atoms with Gasteiger partial charge in [0.15, 0.2) is 0 Å². The van der Waals surface area contributed by atoms with Crippen molar-refractivity contribution in [1.82, 2.24) is 5.32 Å². The van der Waals surface area contributed by atoms with Gasteiger partial charge in [-0.1, -0.05) is 29.8 Å². The highest BCUT2D eigenvalue weighted by molar-refractivity contribution is 9.10. The fraction of sp³-hybridized carbons (Fsp3) is 0.438. The standard InChI is InChI=1S/C16H20BrNO3/c1-16(2,5-6-19)10-18-15(20)12-7-11-8-13(17)3-4-14(11)21-9-12/h3-4,7-8,19H,5-6,9-10H2,1-2H3,(H,18,20). The average molecular weight is 354 g/mol. The van der Waals surface area contributed by atoms with E-state index in [4.69, 9.17) is 9.84 Å². The van der Waals surface area contributed by atoms with Gasteiger partial charge in [0.05, 0.1) is 5.57 Å². The number of hydrogen-bond donors (Lipinski definition) is 2. The highest BCUT2D eigenvalue weighted by atomic mass is 79.9. The number of rotatable bonds is 5. The summed E-state index contributed by atoms with van der Waals surface area (Å²) in [4.78, 5) is 12.2. The van der Waals surface area contributed by atoms with Crippen LogP contribution in [0.3, 0.4) is 0 Å². The van der Waals surface area contributed by atoms with Gasteiger partial charge < -0.3 is 15.2 Å². The van der Waals surface area contributed by atoms with E-state index >= 15 is 0 Å². The Kier molecular flexibility index (Phi) is 5.06. The van der Waals surface area contributed by atoms with Crippen LogP contribution in [0, 0.1) is 5.41 Å². The first-order valence-electron chi connectivity index (χ1n) is 6.93. The van der Waals surface area contributed by atoms with Gasteiger partial charge in [-0.3, -0.25) is 4.79 Å². The number of nitrogens with one attached hydrogen (secondary N) is 1. The number of benzene rings is 1. The molecule has 0 aromatic heterocycles. The number of hydrogen-bond acceptors (Lipinski definition) is 3. The molecule has 0 radical (unpaired) electrons. The maximum Gasteiger partial charge on any atom is 0.250 e. The number of halogens is 1. The lowest BCUT2D eigenvalue weighted by atomic mass is 9.89. The van der Waals surface area contributed by atoms with Gasteiger partial charge in [-0.05, 0) is 36.1 Å². The van der Waals surface area contributed by atoms with E-state index in [1.807, 2.05) is 38.1 Å². The molecule has 4 nitrogen and oxygen atoms in total. The zero-order valence-electron chi connectivity index (χ0n) is 12.3. The molecule has 1 heterocycles. The summed E-state index contributed by atoms with van der Waals surface area (Å²) in [6.07, 6.45) is 2.51. The van der Waals surface area contributed by atoms with Crippen LogP contribution in [0.4, 0.5) is 0 Å². The molecule has 0 unspecified atom stereocenters. The minimum atomic E-state index is -0.124. The monoisotopic (exact) mass is 353 g/mol. The lowest BCUT2D eigenvalue weighted by molar-refractivity contribution is -0.118. The molecular weight excluding hydrogens is 334 g/mol. The number of fused-ring (bicyclic) bond motifs is 1. The fourth-order valence-electron chi connectivity index (χ4n) is 2.10. The van der Waals surface area contributed by atoms with E-state index in [9.17, 15) is 4.79 Å². The van der Waals surface area contributed by atoms with E-state index in [-0.39, 0.29) is 24.5 Å². The van der Waals surface area contributed by atoms with Crippen LogP contribution >= 0.6 is 15.9 Å². The average Bonchev–Trinajstić information content (AvgIpc) is 2.44. The van der Waals surface area contributed by atoms with E-state index in [2.05, 4.69) is 21.2 Å². The summed E-state index contributed by atoms with van der Waals surface area (Å²) in [6.45, 7) is 4.95. The molecule has 114 valence electrons. The quantitative estimate of drug-likeness (QED) is 0.855. The van der Waals surface area contributed by atoms with Crippen molar-refractivity contribution in [3.63, 3.8) is 0 Å². The maximum absolute atomic E-state index is 12.2. The highest BCUT2D eigenvalue weighted by Crippen LogP contribution is 2.29. The van der Waals surface area contributed by atoms with Crippen molar-refractivity contribution in [2.75, 3.05) is 19.8 Å². The summed E-state index contributed by atoms with van der Waals surface area (Å²) in [5.41, 5.74) is 1.39. The van der Waals surface area contributed by atoms with Gasteiger partial charge in [-0.25, -0.2) is 0 Å². The van der Waals surface area contributed by atoms with Gasteiger partial charge in [0.1, 0.15) is 12.4 Å². The van der Waals surface area contributed by atoms with Crippen molar-refractivity contribution in [1.29, 1.82) is 0 Å². The van der Waals surface area contributed by atoms with Crippen molar-refractivity contribution in [2.24, 2.45) is 5.41 Å². The van der Waals surface area contributed by atoms with Crippen LogP contribution in [0.15, 0.2) is 28.2 Å². The zero-order valence-corrected chi connectivity index (χ0v) is 13.9. The second-order valence-corrected chi connectivity index (χ2v) is 6.88. The van der Waals surface area contributed by atoms with E-state index in [1.54, 1.807) is 0 Å². The van der Waals surface area contributed by atoms with Crippen LogP contribution in [0.5, 0.6) is 5.75 Å². The maximum atomic E-state index is 12.2. The third-order valence-electron chi connectivity index (χ3n) is 3.49. The van der Waals surface area contributed by atoms with Gasteiger partial charge in [-0.2, -0.15) is 0 Å².